The lowest BCUT2D eigenvalue weighted by Crippen LogP contribution is -2.45. The Balaban J connectivity index is 1.82. The molecule has 2 heteroatoms. The molecule has 2 aliphatic rings. The van der Waals surface area contributed by atoms with Crippen LogP contribution < -0.4 is 5.73 Å². The highest BCUT2D eigenvalue weighted by atomic mass is 15.1. The van der Waals surface area contributed by atoms with Gasteiger partial charge in [0.25, 0.3) is 0 Å². The van der Waals surface area contributed by atoms with Crippen LogP contribution in [0.3, 0.4) is 0 Å². The number of nitrogens with two attached hydrogens (primary N) is 1. The van der Waals surface area contributed by atoms with Crippen LogP contribution in [-0.4, -0.2) is 31.1 Å². The quantitative estimate of drug-likeness (QED) is 0.798. The lowest BCUT2D eigenvalue weighted by molar-refractivity contribution is 0.132. The SMILES string of the molecule is CN(CC1CCCC1)C(CN)C1CCCCC1. The molecule has 0 radical (unpaired) electrons. The van der Waals surface area contributed by atoms with E-state index in [9.17, 15) is 0 Å². The van der Waals surface area contributed by atoms with E-state index in [4.69, 9.17) is 5.73 Å². The Morgan fingerprint density at radius 1 is 1.00 bits per heavy atom. The van der Waals surface area contributed by atoms with Crippen molar-refractivity contribution < 1.29 is 0 Å². The van der Waals surface area contributed by atoms with Gasteiger partial charge in [-0.2, -0.15) is 0 Å². The third kappa shape index (κ3) is 3.69. The first-order valence-corrected chi connectivity index (χ1v) is 7.71. The third-order valence-corrected chi connectivity index (χ3v) is 5.02. The molecule has 2 aliphatic carbocycles. The average Bonchev–Trinajstić information content (AvgIpc) is 2.84. The first kappa shape index (κ1) is 13.4. The molecule has 0 spiro atoms. The Hall–Kier alpha value is -0.0800. The topological polar surface area (TPSA) is 29.3 Å². The maximum Gasteiger partial charge on any atom is 0.0243 e. The van der Waals surface area contributed by atoms with Gasteiger partial charge in [0, 0.05) is 19.1 Å². The smallest absolute Gasteiger partial charge is 0.0243 e. The summed E-state index contributed by atoms with van der Waals surface area (Å²) < 4.78 is 0. The Bertz CT molecular complexity index is 205. The molecule has 17 heavy (non-hydrogen) atoms. The lowest BCUT2D eigenvalue weighted by atomic mass is 9.83. The molecule has 0 heterocycles. The van der Waals surface area contributed by atoms with Crippen LogP contribution >= 0.6 is 0 Å². The Labute approximate surface area is 107 Å². The molecule has 100 valence electrons. The van der Waals surface area contributed by atoms with Gasteiger partial charge in [-0.05, 0) is 44.6 Å². The van der Waals surface area contributed by atoms with E-state index >= 15 is 0 Å². The molecule has 2 N–H and O–H groups in total. The summed E-state index contributed by atoms with van der Waals surface area (Å²) in [6.07, 6.45) is 12.9. The molecular weight excluding hydrogens is 208 g/mol. The molecule has 0 bridgehead atoms. The Morgan fingerprint density at radius 2 is 1.59 bits per heavy atom. The van der Waals surface area contributed by atoms with Crippen molar-refractivity contribution in [3.63, 3.8) is 0 Å². The number of likely N-dealkylation sites (N-methyl/N-ethyl adjacent to an activating group) is 1. The Kier molecular flexibility index (Phi) is 5.30. The van der Waals surface area contributed by atoms with E-state index in [1.54, 1.807) is 0 Å². The minimum atomic E-state index is 0.649. The fraction of sp³-hybridized carbons (Fsp3) is 1.00. The zero-order chi connectivity index (χ0) is 12.1. The summed E-state index contributed by atoms with van der Waals surface area (Å²) >= 11 is 0. The molecule has 2 fully saturated rings. The van der Waals surface area contributed by atoms with E-state index in [0.29, 0.717) is 6.04 Å². The van der Waals surface area contributed by atoms with Crippen molar-refractivity contribution in [2.45, 2.75) is 63.8 Å². The van der Waals surface area contributed by atoms with Crippen molar-refractivity contribution in [1.82, 2.24) is 4.90 Å². The largest absolute Gasteiger partial charge is 0.329 e. The molecular formula is C15H30N2. The van der Waals surface area contributed by atoms with Gasteiger partial charge in [0.15, 0.2) is 0 Å². The van der Waals surface area contributed by atoms with Crippen molar-refractivity contribution in [2.24, 2.45) is 17.6 Å². The maximum atomic E-state index is 6.04. The van der Waals surface area contributed by atoms with E-state index in [0.717, 1.165) is 18.4 Å². The van der Waals surface area contributed by atoms with Crippen LogP contribution in [0.1, 0.15) is 57.8 Å². The van der Waals surface area contributed by atoms with Crippen molar-refractivity contribution in [1.29, 1.82) is 0 Å². The van der Waals surface area contributed by atoms with Gasteiger partial charge >= 0.3 is 0 Å². The molecule has 0 aromatic heterocycles. The summed E-state index contributed by atoms with van der Waals surface area (Å²) in [5.74, 6) is 1.83. The molecule has 0 aliphatic heterocycles. The van der Waals surface area contributed by atoms with E-state index in [2.05, 4.69) is 11.9 Å². The second kappa shape index (κ2) is 6.75. The van der Waals surface area contributed by atoms with Crippen LogP contribution in [0.25, 0.3) is 0 Å². The summed E-state index contributed by atoms with van der Waals surface area (Å²) in [7, 11) is 2.31. The number of rotatable bonds is 5. The second-order valence-corrected chi connectivity index (χ2v) is 6.29. The highest BCUT2D eigenvalue weighted by Gasteiger charge is 2.27. The highest BCUT2D eigenvalue weighted by Crippen LogP contribution is 2.30. The molecule has 1 unspecified atom stereocenters. The van der Waals surface area contributed by atoms with E-state index in [1.165, 1.54) is 64.3 Å². The van der Waals surface area contributed by atoms with Gasteiger partial charge in [-0.3, -0.25) is 0 Å². The Morgan fingerprint density at radius 3 is 2.18 bits per heavy atom. The average molecular weight is 238 g/mol. The van der Waals surface area contributed by atoms with Gasteiger partial charge in [-0.1, -0.05) is 32.1 Å². The third-order valence-electron chi connectivity index (χ3n) is 5.02. The summed E-state index contributed by atoms with van der Waals surface area (Å²) in [6.45, 7) is 2.15. The van der Waals surface area contributed by atoms with Crippen molar-refractivity contribution in [2.75, 3.05) is 20.1 Å². The summed E-state index contributed by atoms with van der Waals surface area (Å²) in [5.41, 5.74) is 6.04. The van der Waals surface area contributed by atoms with Gasteiger partial charge in [0.2, 0.25) is 0 Å². The first-order valence-electron chi connectivity index (χ1n) is 7.71. The summed E-state index contributed by atoms with van der Waals surface area (Å²) in [6, 6.07) is 0.649. The molecule has 2 nitrogen and oxygen atoms in total. The molecule has 0 saturated heterocycles. The van der Waals surface area contributed by atoms with Crippen LogP contribution in [0, 0.1) is 11.8 Å². The monoisotopic (exact) mass is 238 g/mol. The number of nitrogens with zero attached hydrogens (tertiary/aromatic N) is 1. The lowest BCUT2D eigenvalue weighted by Gasteiger charge is -2.37. The van der Waals surface area contributed by atoms with E-state index in [1.807, 2.05) is 0 Å². The van der Waals surface area contributed by atoms with Gasteiger partial charge < -0.3 is 10.6 Å². The van der Waals surface area contributed by atoms with E-state index in [-0.39, 0.29) is 0 Å². The molecule has 0 aromatic carbocycles. The number of hydrogen-bond donors (Lipinski definition) is 1. The van der Waals surface area contributed by atoms with Crippen LogP contribution in [-0.2, 0) is 0 Å². The summed E-state index contributed by atoms with van der Waals surface area (Å²) in [4.78, 5) is 2.59. The summed E-state index contributed by atoms with van der Waals surface area (Å²) in [5, 5.41) is 0. The van der Waals surface area contributed by atoms with Gasteiger partial charge in [-0.25, -0.2) is 0 Å². The minimum absolute atomic E-state index is 0.649. The molecule has 2 saturated carbocycles. The minimum Gasteiger partial charge on any atom is -0.329 e. The first-order chi connectivity index (χ1) is 8.31. The fourth-order valence-corrected chi connectivity index (χ4v) is 3.99. The van der Waals surface area contributed by atoms with E-state index < -0.39 is 0 Å². The van der Waals surface area contributed by atoms with Gasteiger partial charge in [-0.15, -0.1) is 0 Å². The van der Waals surface area contributed by atoms with Gasteiger partial charge in [0.1, 0.15) is 0 Å². The predicted molar refractivity (Wildman–Crippen MR) is 74.0 cm³/mol. The molecule has 1 atom stereocenters. The zero-order valence-corrected chi connectivity index (χ0v) is 11.5. The van der Waals surface area contributed by atoms with Crippen LogP contribution in [0.15, 0.2) is 0 Å². The second-order valence-electron chi connectivity index (χ2n) is 6.29. The van der Waals surface area contributed by atoms with Crippen LogP contribution in [0.4, 0.5) is 0 Å². The normalized spacial score (nSPS) is 25.6. The van der Waals surface area contributed by atoms with Gasteiger partial charge in [0.05, 0.1) is 0 Å². The molecule has 0 amide bonds. The number of hydrogen-bond acceptors (Lipinski definition) is 2. The van der Waals surface area contributed by atoms with Crippen molar-refractivity contribution in [3.8, 4) is 0 Å². The molecule has 2 rings (SSSR count). The fourth-order valence-electron chi connectivity index (χ4n) is 3.99. The standard InChI is InChI=1S/C15H30N2/c1-17(12-13-7-5-6-8-13)15(11-16)14-9-3-2-4-10-14/h13-15H,2-12,16H2,1H3. The molecule has 0 aromatic rings. The van der Waals surface area contributed by atoms with Crippen LogP contribution in [0.5, 0.6) is 0 Å². The van der Waals surface area contributed by atoms with Crippen LogP contribution in [0.2, 0.25) is 0 Å². The van der Waals surface area contributed by atoms with Crippen molar-refractivity contribution in [3.05, 3.63) is 0 Å². The van der Waals surface area contributed by atoms with Crippen molar-refractivity contribution >= 4 is 0 Å². The predicted octanol–water partition coefficient (Wildman–Crippen LogP) is 3.02. The maximum absolute atomic E-state index is 6.04. The zero-order valence-electron chi connectivity index (χ0n) is 11.5. The highest BCUT2D eigenvalue weighted by molar-refractivity contribution is 4.83.